The number of carbonyl (C=O) groups is 2. The molecule has 118 valence electrons. The van der Waals surface area contributed by atoms with E-state index in [4.69, 9.17) is 0 Å². The molecule has 0 saturated carbocycles. The summed E-state index contributed by atoms with van der Waals surface area (Å²) in [6.45, 7) is 8.53. The van der Waals surface area contributed by atoms with Crippen LogP contribution in [0.15, 0.2) is 42.5 Å². The van der Waals surface area contributed by atoms with Crippen molar-refractivity contribution in [3.8, 4) is 0 Å². The van der Waals surface area contributed by atoms with Crippen molar-refractivity contribution in [3.63, 3.8) is 0 Å². The van der Waals surface area contributed by atoms with E-state index in [1.807, 2.05) is 69.1 Å². The van der Waals surface area contributed by atoms with Gasteiger partial charge in [-0.2, -0.15) is 0 Å². The third-order valence-electron chi connectivity index (χ3n) is 3.77. The zero-order valence-electron chi connectivity index (χ0n) is 13.7. The van der Waals surface area contributed by atoms with Crippen LogP contribution in [-0.4, -0.2) is 27.4 Å². The Hall–Kier alpha value is -1.94. The quantitative estimate of drug-likeness (QED) is 0.802. The van der Waals surface area contributed by atoms with E-state index in [-0.39, 0.29) is 23.3 Å². The maximum atomic E-state index is 12.4. The van der Waals surface area contributed by atoms with Crippen LogP contribution in [0.1, 0.15) is 39.7 Å². The van der Waals surface area contributed by atoms with E-state index in [9.17, 15) is 9.59 Å². The first-order valence-electron chi connectivity index (χ1n) is 7.68. The summed E-state index contributed by atoms with van der Waals surface area (Å²) in [6, 6.07) is 9.89. The maximum absolute atomic E-state index is 12.4. The van der Waals surface area contributed by atoms with E-state index in [0.717, 1.165) is 5.56 Å². The molecule has 0 atom stereocenters. The van der Waals surface area contributed by atoms with Gasteiger partial charge in [0, 0.05) is 24.6 Å². The van der Waals surface area contributed by atoms with Crippen LogP contribution in [0.4, 0.5) is 0 Å². The van der Waals surface area contributed by atoms with Crippen LogP contribution in [0.5, 0.6) is 0 Å². The number of benzene rings is 1. The Balaban J connectivity index is 2.25. The molecule has 1 aromatic carbocycles. The smallest absolute Gasteiger partial charge is 0.267 e. The summed E-state index contributed by atoms with van der Waals surface area (Å²) >= 11 is 0. The lowest BCUT2D eigenvalue weighted by atomic mass is 10.0. The molecule has 2 rings (SSSR count). The number of amides is 2. The number of hydrazine groups is 1. The second kappa shape index (κ2) is 6.44. The molecule has 0 unspecified atom stereocenters. The summed E-state index contributed by atoms with van der Waals surface area (Å²) in [5.41, 5.74) is 0.713. The van der Waals surface area contributed by atoms with Crippen LogP contribution >= 0.6 is 0 Å². The summed E-state index contributed by atoms with van der Waals surface area (Å²) in [4.78, 5) is 24.7. The molecule has 4 nitrogen and oxygen atoms in total. The summed E-state index contributed by atoms with van der Waals surface area (Å²) in [7, 11) is 0. The molecule has 1 aromatic rings. The molecule has 0 aromatic heterocycles. The highest BCUT2D eigenvalue weighted by Crippen LogP contribution is 2.32. The van der Waals surface area contributed by atoms with Crippen LogP contribution in [0.2, 0.25) is 0 Å². The lowest BCUT2D eigenvalue weighted by Crippen LogP contribution is -2.48. The zero-order valence-corrected chi connectivity index (χ0v) is 13.7. The van der Waals surface area contributed by atoms with Crippen molar-refractivity contribution >= 4 is 11.8 Å². The Morgan fingerprint density at radius 2 is 1.91 bits per heavy atom. The highest BCUT2D eigenvalue weighted by Gasteiger charge is 2.45. The Bertz CT molecular complexity index is 576. The SMILES string of the molecule is CC(C)/C=C/C(=O)N1C(=O)CC(C)(C)N1Cc1ccccc1. The topological polar surface area (TPSA) is 40.6 Å². The van der Waals surface area contributed by atoms with Crippen molar-refractivity contribution < 1.29 is 9.59 Å². The second-order valence-corrected chi connectivity index (χ2v) is 6.68. The van der Waals surface area contributed by atoms with Gasteiger partial charge < -0.3 is 0 Å². The van der Waals surface area contributed by atoms with Gasteiger partial charge in [0.25, 0.3) is 5.91 Å². The van der Waals surface area contributed by atoms with Crippen LogP contribution in [0.3, 0.4) is 0 Å². The zero-order chi connectivity index (χ0) is 16.3. The van der Waals surface area contributed by atoms with Crippen LogP contribution < -0.4 is 0 Å². The highest BCUT2D eigenvalue weighted by molar-refractivity contribution is 6.01. The minimum atomic E-state index is -0.367. The number of nitrogens with zero attached hydrogens (tertiary/aromatic N) is 2. The van der Waals surface area contributed by atoms with Crippen LogP contribution in [-0.2, 0) is 16.1 Å². The lowest BCUT2D eigenvalue weighted by Gasteiger charge is -2.34. The third kappa shape index (κ3) is 3.63. The molecule has 1 aliphatic rings. The van der Waals surface area contributed by atoms with Gasteiger partial charge in [0.1, 0.15) is 0 Å². The van der Waals surface area contributed by atoms with Gasteiger partial charge in [-0.05, 0) is 25.3 Å². The van der Waals surface area contributed by atoms with Crippen molar-refractivity contribution in [2.45, 2.75) is 46.2 Å². The fourth-order valence-electron chi connectivity index (χ4n) is 2.57. The fraction of sp³-hybridized carbons (Fsp3) is 0.444. The van der Waals surface area contributed by atoms with E-state index in [1.165, 1.54) is 11.1 Å². The number of hydrogen-bond donors (Lipinski definition) is 0. The Morgan fingerprint density at radius 3 is 2.50 bits per heavy atom. The largest absolute Gasteiger partial charge is 0.273 e. The first-order chi connectivity index (χ1) is 10.3. The van der Waals surface area contributed by atoms with E-state index >= 15 is 0 Å². The summed E-state index contributed by atoms with van der Waals surface area (Å²) in [5.74, 6) is -0.128. The van der Waals surface area contributed by atoms with Gasteiger partial charge >= 0.3 is 0 Å². The van der Waals surface area contributed by atoms with Gasteiger partial charge in [0.15, 0.2) is 0 Å². The molecule has 0 N–H and O–H groups in total. The van der Waals surface area contributed by atoms with Crippen LogP contribution in [0.25, 0.3) is 0 Å². The molecule has 1 heterocycles. The second-order valence-electron chi connectivity index (χ2n) is 6.68. The standard InChI is InChI=1S/C18H24N2O2/c1-14(2)10-11-16(21)20-17(22)12-18(3,4)19(20)13-15-8-6-5-7-9-15/h5-11,14H,12-13H2,1-4H3/b11-10+. The lowest BCUT2D eigenvalue weighted by molar-refractivity contribution is -0.157. The highest BCUT2D eigenvalue weighted by atomic mass is 16.2. The summed E-state index contributed by atoms with van der Waals surface area (Å²) in [6.07, 6.45) is 3.67. The predicted octanol–water partition coefficient (Wildman–Crippen LogP) is 3.15. The number of carbonyl (C=O) groups excluding carboxylic acids is 2. The average molecular weight is 300 g/mol. The molecule has 22 heavy (non-hydrogen) atoms. The molecule has 1 aliphatic heterocycles. The van der Waals surface area contributed by atoms with Crippen molar-refractivity contribution in [2.24, 2.45) is 5.92 Å². The Kier molecular flexibility index (Phi) is 4.81. The molecule has 0 spiro atoms. The van der Waals surface area contributed by atoms with Crippen molar-refractivity contribution in [3.05, 3.63) is 48.0 Å². The minimum Gasteiger partial charge on any atom is -0.273 e. The molecule has 0 radical (unpaired) electrons. The van der Waals surface area contributed by atoms with Gasteiger partial charge in [-0.1, -0.05) is 50.3 Å². The van der Waals surface area contributed by atoms with E-state index in [1.54, 1.807) is 0 Å². The van der Waals surface area contributed by atoms with Gasteiger partial charge in [-0.15, -0.1) is 0 Å². The van der Waals surface area contributed by atoms with E-state index in [0.29, 0.717) is 13.0 Å². The van der Waals surface area contributed by atoms with Gasteiger partial charge in [0.2, 0.25) is 5.91 Å². The molecule has 0 bridgehead atoms. The number of imide groups is 1. The minimum absolute atomic E-state index is 0.140. The molecular formula is C18H24N2O2. The normalized spacial score (nSPS) is 18.6. The molecule has 1 saturated heterocycles. The molecular weight excluding hydrogens is 276 g/mol. The van der Waals surface area contributed by atoms with Crippen LogP contribution in [0, 0.1) is 5.92 Å². The molecule has 4 heteroatoms. The van der Waals surface area contributed by atoms with E-state index in [2.05, 4.69) is 0 Å². The van der Waals surface area contributed by atoms with Crippen molar-refractivity contribution in [1.82, 2.24) is 10.0 Å². The van der Waals surface area contributed by atoms with E-state index < -0.39 is 0 Å². The number of rotatable bonds is 4. The monoisotopic (exact) mass is 300 g/mol. The van der Waals surface area contributed by atoms with Crippen molar-refractivity contribution in [1.29, 1.82) is 0 Å². The molecule has 1 fully saturated rings. The maximum Gasteiger partial charge on any atom is 0.267 e. The third-order valence-corrected chi connectivity index (χ3v) is 3.77. The number of allylic oxidation sites excluding steroid dienone is 1. The summed E-state index contributed by atoms with van der Waals surface area (Å²) in [5, 5.41) is 3.17. The first kappa shape index (κ1) is 16.4. The Morgan fingerprint density at radius 1 is 1.27 bits per heavy atom. The van der Waals surface area contributed by atoms with Gasteiger partial charge in [-0.25, -0.2) is 10.0 Å². The summed E-state index contributed by atoms with van der Waals surface area (Å²) < 4.78 is 0. The predicted molar refractivity (Wildman–Crippen MR) is 86.5 cm³/mol. The van der Waals surface area contributed by atoms with Gasteiger partial charge in [-0.3, -0.25) is 9.59 Å². The average Bonchev–Trinajstić information content (AvgIpc) is 2.66. The van der Waals surface area contributed by atoms with Crippen molar-refractivity contribution in [2.75, 3.05) is 0 Å². The molecule has 2 amide bonds. The Labute approximate surface area is 132 Å². The first-order valence-corrected chi connectivity index (χ1v) is 7.68. The molecule has 0 aliphatic carbocycles. The fourth-order valence-corrected chi connectivity index (χ4v) is 2.57. The van der Waals surface area contributed by atoms with Gasteiger partial charge in [0.05, 0.1) is 0 Å². The number of hydrogen-bond acceptors (Lipinski definition) is 3.